The van der Waals surface area contributed by atoms with E-state index in [0.29, 0.717) is 17.7 Å². The van der Waals surface area contributed by atoms with E-state index in [1.165, 1.54) is 19.3 Å². The lowest BCUT2D eigenvalue weighted by Crippen LogP contribution is -2.45. The second-order valence-electron chi connectivity index (χ2n) is 3.65. The Labute approximate surface area is 98.9 Å². The van der Waals surface area contributed by atoms with E-state index in [9.17, 15) is 4.79 Å². The third-order valence-corrected chi connectivity index (χ3v) is 3.73. The normalized spacial score (nSPS) is 16.4. The van der Waals surface area contributed by atoms with Gasteiger partial charge in [-0.05, 0) is 31.9 Å². The average Bonchev–Trinajstić information content (AvgIpc) is 2.09. The van der Waals surface area contributed by atoms with Gasteiger partial charge >= 0.3 is 0 Å². The average molecular weight is 280 g/mol. The van der Waals surface area contributed by atoms with Gasteiger partial charge in [0, 0.05) is 17.9 Å². The predicted octanol–water partition coefficient (Wildman–Crippen LogP) is 2.52. The number of hydrogen-bond acceptors (Lipinski definition) is 2. The SMILES string of the molecule is CSCC(=O)N(CCCBr)C1CCC1. The Balaban J connectivity index is 2.38. The Morgan fingerprint density at radius 1 is 1.57 bits per heavy atom. The van der Waals surface area contributed by atoms with Crippen LogP contribution in [0.1, 0.15) is 25.7 Å². The van der Waals surface area contributed by atoms with Gasteiger partial charge in [0.2, 0.25) is 5.91 Å². The molecule has 1 aliphatic carbocycles. The third kappa shape index (κ3) is 3.46. The first kappa shape index (κ1) is 12.4. The number of rotatable bonds is 6. The molecule has 0 radical (unpaired) electrons. The zero-order valence-electron chi connectivity index (χ0n) is 8.67. The summed E-state index contributed by atoms with van der Waals surface area (Å²) < 4.78 is 0. The Morgan fingerprint density at radius 2 is 2.29 bits per heavy atom. The number of carbonyl (C=O) groups is 1. The Hall–Kier alpha value is 0.300. The summed E-state index contributed by atoms with van der Waals surface area (Å²) in [4.78, 5) is 13.9. The summed E-state index contributed by atoms with van der Waals surface area (Å²) in [6.45, 7) is 0.926. The van der Waals surface area contributed by atoms with Crippen molar-refractivity contribution in [3.05, 3.63) is 0 Å². The van der Waals surface area contributed by atoms with Crippen molar-refractivity contribution in [1.82, 2.24) is 4.90 Å². The van der Waals surface area contributed by atoms with Crippen LogP contribution in [-0.2, 0) is 4.79 Å². The Morgan fingerprint density at radius 3 is 2.71 bits per heavy atom. The number of hydrogen-bond donors (Lipinski definition) is 0. The van der Waals surface area contributed by atoms with Crippen molar-refractivity contribution in [3.8, 4) is 0 Å². The zero-order valence-corrected chi connectivity index (χ0v) is 11.1. The smallest absolute Gasteiger partial charge is 0.232 e. The van der Waals surface area contributed by atoms with Gasteiger partial charge in [0.05, 0.1) is 5.75 Å². The number of nitrogens with zero attached hydrogens (tertiary/aromatic N) is 1. The first-order valence-electron chi connectivity index (χ1n) is 5.14. The molecule has 1 rings (SSSR count). The van der Waals surface area contributed by atoms with Crippen LogP contribution in [0.2, 0.25) is 0 Å². The van der Waals surface area contributed by atoms with E-state index in [0.717, 1.165) is 18.3 Å². The monoisotopic (exact) mass is 279 g/mol. The molecule has 1 saturated carbocycles. The fourth-order valence-electron chi connectivity index (χ4n) is 1.65. The van der Waals surface area contributed by atoms with Crippen molar-refractivity contribution in [2.24, 2.45) is 0 Å². The van der Waals surface area contributed by atoms with Crippen LogP contribution in [-0.4, -0.2) is 40.7 Å². The van der Waals surface area contributed by atoms with Crippen molar-refractivity contribution in [1.29, 1.82) is 0 Å². The van der Waals surface area contributed by atoms with E-state index in [4.69, 9.17) is 0 Å². The number of amides is 1. The van der Waals surface area contributed by atoms with Crippen molar-refractivity contribution in [2.75, 3.05) is 23.9 Å². The van der Waals surface area contributed by atoms with Crippen LogP contribution in [0.3, 0.4) is 0 Å². The molecule has 0 aromatic carbocycles. The molecular formula is C10H18BrNOS. The minimum Gasteiger partial charge on any atom is -0.339 e. The van der Waals surface area contributed by atoms with Gasteiger partial charge in [0.25, 0.3) is 0 Å². The fraction of sp³-hybridized carbons (Fsp3) is 0.900. The maximum absolute atomic E-state index is 11.8. The van der Waals surface area contributed by atoms with Crippen LogP contribution in [0.25, 0.3) is 0 Å². The van der Waals surface area contributed by atoms with E-state index in [-0.39, 0.29) is 0 Å². The molecule has 0 bridgehead atoms. The lowest BCUT2D eigenvalue weighted by Gasteiger charge is -2.37. The molecule has 0 saturated heterocycles. The first-order valence-corrected chi connectivity index (χ1v) is 7.65. The Bertz CT molecular complexity index is 185. The van der Waals surface area contributed by atoms with Gasteiger partial charge in [0.1, 0.15) is 0 Å². The van der Waals surface area contributed by atoms with Crippen molar-refractivity contribution in [2.45, 2.75) is 31.7 Å². The van der Waals surface area contributed by atoms with Gasteiger partial charge in [-0.3, -0.25) is 4.79 Å². The molecule has 2 nitrogen and oxygen atoms in total. The summed E-state index contributed by atoms with van der Waals surface area (Å²) in [5.41, 5.74) is 0. The molecule has 1 amide bonds. The topological polar surface area (TPSA) is 20.3 Å². The van der Waals surface area contributed by atoms with Crippen LogP contribution in [0.15, 0.2) is 0 Å². The molecule has 0 spiro atoms. The van der Waals surface area contributed by atoms with Gasteiger partial charge < -0.3 is 4.90 Å². The maximum atomic E-state index is 11.8. The minimum atomic E-state index is 0.322. The highest BCUT2D eigenvalue weighted by Gasteiger charge is 2.27. The molecule has 0 unspecified atom stereocenters. The molecule has 0 heterocycles. The van der Waals surface area contributed by atoms with Gasteiger partial charge in [0.15, 0.2) is 0 Å². The molecule has 0 N–H and O–H groups in total. The minimum absolute atomic E-state index is 0.322. The van der Waals surface area contributed by atoms with Gasteiger partial charge in [-0.25, -0.2) is 0 Å². The van der Waals surface area contributed by atoms with Crippen LogP contribution in [0, 0.1) is 0 Å². The van der Waals surface area contributed by atoms with Gasteiger partial charge in [-0.2, -0.15) is 11.8 Å². The lowest BCUT2D eigenvalue weighted by atomic mass is 9.91. The highest BCUT2D eigenvalue weighted by Crippen LogP contribution is 2.25. The molecule has 1 fully saturated rings. The largest absolute Gasteiger partial charge is 0.339 e. The zero-order chi connectivity index (χ0) is 10.4. The van der Waals surface area contributed by atoms with Crippen LogP contribution in [0.5, 0.6) is 0 Å². The number of alkyl halides is 1. The first-order chi connectivity index (χ1) is 6.79. The Kier molecular flexibility index (Phi) is 5.94. The molecule has 82 valence electrons. The van der Waals surface area contributed by atoms with Gasteiger partial charge in [-0.15, -0.1) is 0 Å². The van der Waals surface area contributed by atoms with Crippen molar-refractivity contribution in [3.63, 3.8) is 0 Å². The summed E-state index contributed by atoms with van der Waals surface area (Å²) in [7, 11) is 0. The maximum Gasteiger partial charge on any atom is 0.232 e. The summed E-state index contributed by atoms with van der Waals surface area (Å²) in [5, 5.41) is 0.989. The quantitative estimate of drug-likeness (QED) is 0.697. The van der Waals surface area contributed by atoms with Crippen molar-refractivity contribution >= 4 is 33.6 Å². The second kappa shape index (κ2) is 6.72. The number of carbonyl (C=O) groups excluding carboxylic acids is 1. The summed E-state index contributed by atoms with van der Waals surface area (Å²) >= 11 is 5.03. The second-order valence-corrected chi connectivity index (χ2v) is 5.31. The molecule has 1 aliphatic rings. The van der Waals surface area contributed by atoms with E-state index < -0.39 is 0 Å². The number of thioether (sulfide) groups is 1. The van der Waals surface area contributed by atoms with E-state index in [1.807, 2.05) is 6.26 Å². The van der Waals surface area contributed by atoms with Crippen LogP contribution in [0.4, 0.5) is 0 Å². The highest BCUT2D eigenvalue weighted by molar-refractivity contribution is 9.09. The fourth-order valence-corrected chi connectivity index (χ4v) is 2.31. The standard InChI is InChI=1S/C10H18BrNOS/c1-14-8-10(13)12(7-3-6-11)9-4-2-5-9/h9H,2-8H2,1H3. The van der Waals surface area contributed by atoms with Crippen molar-refractivity contribution < 1.29 is 4.79 Å². The molecule has 0 aliphatic heterocycles. The molecule has 0 aromatic rings. The third-order valence-electron chi connectivity index (χ3n) is 2.64. The van der Waals surface area contributed by atoms with Crippen LogP contribution >= 0.6 is 27.7 Å². The number of halogens is 1. The summed E-state index contributed by atoms with van der Waals surface area (Å²) in [5.74, 6) is 0.960. The van der Waals surface area contributed by atoms with Gasteiger partial charge in [-0.1, -0.05) is 15.9 Å². The summed E-state index contributed by atoms with van der Waals surface area (Å²) in [6, 6.07) is 0.550. The lowest BCUT2D eigenvalue weighted by molar-refractivity contribution is -0.132. The highest BCUT2D eigenvalue weighted by atomic mass is 79.9. The molecule has 0 aromatic heterocycles. The predicted molar refractivity (Wildman–Crippen MR) is 66.1 cm³/mol. The molecule has 0 atom stereocenters. The van der Waals surface area contributed by atoms with Crippen LogP contribution < -0.4 is 0 Å². The molecule has 4 heteroatoms. The summed E-state index contributed by atoms with van der Waals surface area (Å²) in [6.07, 6.45) is 6.77. The van der Waals surface area contributed by atoms with E-state index in [2.05, 4.69) is 20.8 Å². The van der Waals surface area contributed by atoms with E-state index in [1.54, 1.807) is 11.8 Å². The molecular weight excluding hydrogens is 262 g/mol. The molecule has 14 heavy (non-hydrogen) atoms. The van der Waals surface area contributed by atoms with E-state index >= 15 is 0 Å².